The molecule has 15 heavy (non-hydrogen) atoms. The van der Waals surface area contributed by atoms with Gasteiger partial charge in [0.05, 0.1) is 18.2 Å². The highest BCUT2D eigenvalue weighted by atomic mass is 16.5. The lowest BCUT2D eigenvalue weighted by atomic mass is 10.0. The average molecular weight is 208 g/mol. The van der Waals surface area contributed by atoms with Gasteiger partial charge < -0.3 is 4.74 Å². The second-order valence-corrected chi connectivity index (χ2v) is 4.62. The lowest BCUT2D eigenvalue weighted by Gasteiger charge is -2.35. The number of hydrogen-bond donors (Lipinski definition) is 0. The van der Waals surface area contributed by atoms with Gasteiger partial charge in [-0.1, -0.05) is 0 Å². The van der Waals surface area contributed by atoms with E-state index in [0.29, 0.717) is 6.10 Å². The van der Waals surface area contributed by atoms with Crippen LogP contribution in [0.2, 0.25) is 0 Å². The summed E-state index contributed by atoms with van der Waals surface area (Å²) in [5, 5.41) is 9.06. The molecule has 0 N–H and O–H groups in total. The number of ether oxygens (including phenoxy) is 1. The third kappa shape index (κ3) is 2.93. The van der Waals surface area contributed by atoms with Crippen LogP contribution in [-0.4, -0.2) is 36.7 Å². The Hall–Kier alpha value is -0.590. The Kier molecular flexibility index (Phi) is 3.99. The van der Waals surface area contributed by atoms with Gasteiger partial charge in [0, 0.05) is 13.2 Å². The van der Waals surface area contributed by atoms with Crippen molar-refractivity contribution in [3.63, 3.8) is 0 Å². The summed E-state index contributed by atoms with van der Waals surface area (Å²) in [6, 6.07) is 2.56. The first-order chi connectivity index (χ1) is 7.40. The van der Waals surface area contributed by atoms with Crippen LogP contribution >= 0.6 is 0 Å². The third-order valence-electron chi connectivity index (χ3n) is 3.47. The van der Waals surface area contributed by atoms with Gasteiger partial charge in [-0.05, 0) is 45.1 Å². The number of hydrogen-bond acceptors (Lipinski definition) is 3. The molecule has 0 spiro atoms. The Morgan fingerprint density at radius 3 is 2.80 bits per heavy atom. The van der Waals surface area contributed by atoms with Crippen molar-refractivity contribution in [3.8, 4) is 6.07 Å². The molecule has 3 heteroatoms. The van der Waals surface area contributed by atoms with Gasteiger partial charge in [-0.25, -0.2) is 0 Å². The molecule has 0 radical (unpaired) electrons. The van der Waals surface area contributed by atoms with Crippen LogP contribution in [0.15, 0.2) is 0 Å². The van der Waals surface area contributed by atoms with E-state index in [2.05, 4.69) is 11.0 Å². The van der Waals surface area contributed by atoms with Gasteiger partial charge in [-0.15, -0.1) is 0 Å². The van der Waals surface area contributed by atoms with Gasteiger partial charge in [-0.3, -0.25) is 4.90 Å². The molecule has 2 fully saturated rings. The maximum atomic E-state index is 9.06. The first-order valence-corrected chi connectivity index (χ1v) is 6.15. The Morgan fingerprint density at radius 1 is 1.20 bits per heavy atom. The van der Waals surface area contributed by atoms with Gasteiger partial charge in [0.25, 0.3) is 0 Å². The van der Waals surface area contributed by atoms with Crippen LogP contribution in [-0.2, 0) is 4.74 Å². The van der Waals surface area contributed by atoms with Crippen LogP contribution in [0.3, 0.4) is 0 Å². The number of nitriles is 1. The van der Waals surface area contributed by atoms with E-state index in [1.807, 2.05) is 0 Å². The summed E-state index contributed by atoms with van der Waals surface area (Å²) in [6.45, 7) is 2.96. The Bertz CT molecular complexity index is 230. The summed E-state index contributed by atoms with van der Waals surface area (Å²) in [5.41, 5.74) is 0. The molecule has 0 aliphatic carbocycles. The zero-order valence-corrected chi connectivity index (χ0v) is 9.32. The van der Waals surface area contributed by atoms with Gasteiger partial charge in [0.15, 0.2) is 0 Å². The van der Waals surface area contributed by atoms with E-state index in [0.717, 1.165) is 26.1 Å². The number of nitrogens with zero attached hydrogens (tertiary/aromatic N) is 2. The predicted molar refractivity (Wildman–Crippen MR) is 58.4 cm³/mol. The van der Waals surface area contributed by atoms with Crippen molar-refractivity contribution in [2.45, 2.75) is 50.7 Å². The van der Waals surface area contributed by atoms with E-state index >= 15 is 0 Å². The van der Waals surface area contributed by atoms with Crippen LogP contribution in [0, 0.1) is 11.3 Å². The van der Waals surface area contributed by atoms with Crippen molar-refractivity contribution in [2.24, 2.45) is 0 Å². The number of rotatable bonds is 2. The average Bonchev–Trinajstić information content (AvgIpc) is 2.31. The second kappa shape index (κ2) is 5.48. The quantitative estimate of drug-likeness (QED) is 0.695. The van der Waals surface area contributed by atoms with E-state index < -0.39 is 0 Å². The molecule has 0 amide bonds. The molecular formula is C12H20N2O. The lowest BCUT2D eigenvalue weighted by molar-refractivity contribution is -0.0140. The van der Waals surface area contributed by atoms with Gasteiger partial charge >= 0.3 is 0 Å². The molecule has 2 rings (SSSR count). The lowest BCUT2D eigenvalue weighted by Crippen LogP contribution is -2.44. The minimum absolute atomic E-state index is 0.143. The molecule has 2 unspecified atom stereocenters. The second-order valence-electron chi connectivity index (χ2n) is 4.62. The smallest absolute Gasteiger partial charge is 0.0978 e. The van der Waals surface area contributed by atoms with Crippen LogP contribution in [0.1, 0.15) is 38.5 Å². The molecular weight excluding hydrogens is 188 g/mol. The zero-order chi connectivity index (χ0) is 10.5. The van der Waals surface area contributed by atoms with Crippen LogP contribution in [0.4, 0.5) is 0 Å². The van der Waals surface area contributed by atoms with E-state index in [1.54, 1.807) is 0 Å². The highest BCUT2D eigenvalue weighted by Gasteiger charge is 2.25. The SMILES string of the molecule is N#CC1CCCCN1CC1CCCCO1. The summed E-state index contributed by atoms with van der Waals surface area (Å²) < 4.78 is 5.72. The fraction of sp³-hybridized carbons (Fsp3) is 0.917. The monoisotopic (exact) mass is 208 g/mol. The number of piperidine rings is 1. The maximum absolute atomic E-state index is 9.06. The highest BCUT2D eigenvalue weighted by Crippen LogP contribution is 2.20. The Balaban J connectivity index is 1.83. The standard InChI is InChI=1S/C12H20N2O/c13-9-11-5-1-3-7-14(11)10-12-6-2-4-8-15-12/h11-12H,1-8,10H2. The number of likely N-dealkylation sites (tertiary alicyclic amines) is 1. The molecule has 3 nitrogen and oxygen atoms in total. The molecule has 0 aromatic rings. The van der Waals surface area contributed by atoms with Crippen molar-refractivity contribution in [1.82, 2.24) is 4.90 Å². The Morgan fingerprint density at radius 2 is 2.07 bits per heavy atom. The van der Waals surface area contributed by atoms with Gasteiger partial charge in [0.2, 0.25) is 0 Å². The van der Waals surface area contributed by atoms with Gasteiger partial charge in [-0.2, -0.15) is 5.26 Å². The first kappa shape index (κ1) is 10.9. The van der Waals surface area contributed by atoms with Crippen molar-refractivity contribution >= 4 is 0 Å². The van der Waals surface area contributed by atoms with E-state index in [9.17, 15) is 0 Å². The molecule has 84 valence electrons. The summed E-state index contributed by atoms with van der Waals surface area (Å²) in [4.78, 5) is 2.32. The fourth-order valence-corrected chi connectivity index (χ4v) is 2.57. The minimum atomic E-state index is 0.143. The topological polar surface area (TPSA) is 36.3 Å². The summed E-state index contributed by atoms with van der Waals surface area (Å²) in [5.74, 6) is 0. The minimum Gasteiger partial charge on any atom is -0.377 e. The molecule has 2 aliphatic rings. The molecule has 0 aromatic carbocycles. The summed E-state index contributed by atoms with van der Waals surface area (Å²) >= 11 is 0. The molecule has 2 atom stereocenters. The van der Waals surface area contributed by atoms with Crippen molar-refractivity contribution in [3.05, 3.63) is 0 Å². The van der Waals surface area contributed by atoms with Crippen molar-refractivity contribution in [2.75, 3.05) is 19.7 Å². The van der Waals surface area contributed by atoms with Gasteiger partial charge in [0.1, 0.15) is 0 Å². The molecule has 0 aromatic heterocycles. The van der Waals surface area contributed by atoms with Crippen molar-refractivity contribution < 1.29 is 4.74 Å². The molecule has 2 saturated heterocycles. The predicted octanol–water partition coefficient (Wildman–Crippen LogP) is 1.93. The largest absolute Gasteiger partial charge is 0.377 e. The van der Waals surface area contributed by atoms with E-state index in [1.165, 1.54) is 32.1 Å². The molecule has 0 bridgehead atoms. The summed E-state index contributed by atoms with van der Waals surface area (Å²) in [6.07, 6.45) is 7.55. The van der Waals surface area contributed by atoms with Crippen LogP contribution in [0.5, 0.6) is 0 Å². The molecule has 2 heterocycles. The van der Waals surface area contributed by atoms with E-state index in [-0.39, 0.29) is 6.04 Å². The molecule has 2 aliphatic heterocycles. The normalized spacial score (nSPS) is 33.5. The van der Waals surface area contributed by atoms with Crippen LogP contribution in [0.25, 0.3) is 0 Å². The molecule has 0 saturated carbocycles. The highest BCUT2D eigenvalue weighted by molar-refractivity contribution is 4.94. The maximum Gasteiger partial charge on any atom is 0.0978 e. The fourth-order valence-electron chi connectivity index (χ4n) is 2.57. The zero-order valence-electron chi connectivity index (χ0n) is 9.32. The van der Waals surface area contributed by atoms with Crippen LogP contribution < -0.4 is 0 Å². The Labute approximate surface area is 92.0 Å². The summed E-state index contributed by atoms with van der Waals surface area (Å²) in [7, 11) is 0. The first-order valence-electron chi connectivity index (χ1n) is 6.15. The van der Waals surface area contributed by atoms with E-state index in [4.69, 9.17) is 10.00 Å². The van der Waals surface area contributed by atoms with Crippen molar-refractivity contribution in [1.29, 1.82) is 5.26 Å². The third-order valence-corrected chi connectivity index (χ3v) is 3.47.